The van der Waals surface area contributed by atoms with Crippen LogP contribution in [0.5, 0.6) is 0 Å². The van der Waals surface area contributed by atoms with Gasteiger partial charge in [0.2, 0.25) is 0 Å². The summed E-state index contributed by atoms with van der Waals surface area (Å²) in [7, 11) is 0. The number of hydrogen-bond acceptors (Lipinski definition) is 1. The molecule has 0 spiro atoms. The highest BCUT2D eigenvalue weighted by Gasteiger charge is 2.68. The Labute approximate surface area is 134 Å². The molecule has 0 saturated heterocycles. The largest absolute Gasteiger partial charge is 0.385 e. The monoisotopic (exact) mass is 296 g/mol. The van der Waals surface area contributed by atoms with Crippen LogP contribution in [0.15, 0.2) is 54.6 Å². The third kappa shape index (κ3) is 1.58. The summed E-state index contributed by atoms with van der Waals surface area (Å²) < 4.78 is 0. The minimum Gasteiger partial charge on any atom is -0.385 e. The molecule has 2 unspecified atom stereocenters. The third-order valence-electron chi connectivity index (χ3n) is 6.77. The Morgan fingerprint density at radius 1 is 1.23 bits per heavy atom. The van der Waals surface area contributed by atoms with Crippen molar-refractivity contribution in [1.29, 1.82) is 0 Å². The molecule has 3 atom stereocenters. The van der Waals surface area contributed by atoms with Crippen molar-refractivity contribution in [3.63, 3.8) is 0 Å². The molecule has 1 aromatic carbocycles. The fourth-order valence-corrected chi connectivity index (χ4v) is 5.80. The van der Waals surface area contributed by atoms with Crippen LogP contribution in [-0.4, -0.2) is 10.7 Å². The van der Waals surface area contributed by atoms with Crippen molar-refractivity contribution in [1.82, 2.24) is 0 Å². The van der Waals surface area contributed by atoms with Gasteiger partial charge in [0, 0.05) is 0 Å². The van der Waals surface area contributed by atoms with Crippen LogP contribution >= 0.6 is 0 Å². The minimum absolute atomic E-state index is 0.0830. The standard InChI is InChI=1S/C21H28O/c1-5-19(6-2)18-13-14-20(22,7-3)21(19,15-16(18)4)17-11-9-8-10-12-17/h7-12,15,18,22H,3,5-6,13-14H2,1-2,4H3/t18?,20-,21?/m1/s1. The molecule has 0 amide bonds. The van der Waals surface area contributed by atoms with Crippen LogP contribution in [-0.2, 0) is 5.41 Å². The molecule has 2 bridgehead atoms. The highest BCUT2D eigenvalue weighted by Crippen LogP contribution is 2.69. The van der Waals surface area contributed by atoms with Gasteiger partial charge in [-0.15, -0.1) is 6.58 Å². The lowest BCUT2D eigenvalue weighted by atomic mass is 9.45. The lowest BCUT2D eigenvalue weighted by molar-refractivity contribution is -0.0977. The van der Waals surface area contributed by atoms with E-state index in [1.54, 1.807) is 0 Å². The second kappa shape index (κ2) is 5.09. The zero-order valence-electron chi connectivity index (χ0n) is 14.1. The summed E-state index contributed by atoms with van der Waals surface area (Å²) >= 11 is 0. The van der Waals surface area contributed by atoms with Crippen LogP contribution in [0.25, 0.3) is 0 Å². The van der Waals surface area contributed by atoms with Crippen LogP contribution in [0.2, 0.25) is 0 Å². The topological polar surface area (TPSA) is 20.2 Å². The SMILES string of the molecule is C=C[C@@]1(O)CCC2C(C)=CC1(c1ccccc1)C2(CC)CC. The Morgan fingerprint density at radius 3 is 2.41 bits per heavy atom. The Kier molecular flexibility index (Phi) is 3.60. The molecule has 2 aliphatic rings. The van der Waals surface area contributed by atoms with E-state index in [0.29, 0.717) is 5.92 Å². The van der Waals surface area contributed by atoms with Gasteiger partial charge >= 0.3 is 0 Å². The lowest BCUT2D eigenvalue weighted by Crippen LogP contribution is -2.62. The molecule has 1 aromatic rings. The van der Waals surface area contributed by atoms with E-state index in [-0.39, 0.29) is 10.8 Å². The number of rotatable bonds is 4. The first-order valence-electron chi connectivity index (χ1n) is 8.62. The van der Waals surface area contributed by atoms with Crippen LogP contribution < -0.4 is 0 Å². The van der Waals surface area contributed by atoms with Gasteiger partial charge in [0.25, 0.3) is 0 Å². The Morgan fingerprint density at radius 2 is 1.86 bits per heavy atom. The van der Waals surface area contributed by atoms with E-state index >= 15 is 0 Å². The maximum Gasteiger partial charge on any atom is 0.0961 e. The number of aliphatic hydroxyl groups is 1. The summed E-state index contributed by atoms with van der Waals surface area (Å²) in [4.78, 5) is 0. The Bertz CT molecular complexity index is 596. The smallest absolute Gasteiger partial charge is 0.0961 e. The van der Waals surface area contributed by atoms with Gasteiger partial charge in [-0.05, 0) is 49.5 Å². The second-order valence-electron chi connectivity index (χ2n) is 7.15. The Hall–Kier alpha value is -1.34. The Balaban J connectivity index is 2.37. The van der Waals surface area contributed by atoms with Crippen LogP contribution in [0.4, 0.5) is 0 Å². The molecule has 1 N–H and O–H groups in total. The van der Waals surface area contributed by atoms with Gasteiger partial charge in [-0.2, -0.15) is 0 Å². The van der Waals surface area contributed by atoms with E-state index in [0.717, 1.165) is 25.7 Å². The van der Waals surface area contributed by atoms with Gasteiger partial charge in [-0.25, -0.2) is 0 Å². The van der Waals surface area contributed by atoms with Crippen LogP contribution in [0.1, 0.15) is 52.0 Å². The molecule has 1 fully saturated rings. The highest BCUT2D eigenvalue weighted by molar-refractivity contribution is 5.50. The second-order valence-corrected chi connectivity index (χ2v) is 7.15. The molecular formula is C21H28O. The average molecular weight is 296 g/mol. The summed E-state index contributed by atoms with van der Waals surface area (Å²) in [5, 5.41) is 11.6. The molecule has 1 nitrogen and oxygen atoms in total. The molecule has 0 aromatic heterocycles. The molecule has 0 heterocycles. The van der Waals surface area contributed by atoms with E-state index in [1.165, 1.54) is 11.1 Å². The summed E-state index contributed by atoms with van der Waals surface area (Å²) in [6, 6.07) is 10.6. The lowest BCUT2D eigenvalue weighted by Gasteiger charge is -2.59. The van der Waals surface area contributed by atoms with Crippen molar-refractivity contribution in [3.05, 3.63) is 60.2 Å². The van der Waals surface area contributed by atoms with E-state index in [4.69, 9.17) is 0 Å². The third-order valence-corrected chi connectivity index (χ3v) is 6.77. The normalized spacial score (nSPS) is 36.0. The fraction of sp³-hybridized carbons (Fsp3) is 0.524. The molecule has 3 rings (SSSR count). The zero-order chi connectivity index (χ0) is 16.0. The molecule has 22 heavy (non-hydrogen) atoms. The molecule has 0 radical (unpaired) electrons. The summed E-state index contributed by atoms with van der Waals surface area (Å²) in [5.41, 5.74) is 1.56. The first-order chi connectivity index (χ1) is 10.5. The van der Waals surface area contributed by atoms with E-state index in [2.05, 4.69) is 63.8 Å². The highest BCUT2D eigenvalue weighted by atomic mass is 16.3. The van der Waals surface area contributed by atoms with Crippen molar-refractivity contribution < 1.29 is 5.11 Å². The van der Waals surface area contributed by atoms with Crippen LogP contribution in [0, 0.1) is 11.3 Å². The van der Waals surface area contributed by atoms with Crippen molar-refractivity contribution in [2.75, 3.05) is 0 Å². The quantitative estimate of drug-likeness (QED) is 0.774. The molecule has 1 heteroatoms. The van der Waals surface area contributed by atoms with Gasteiger partial charge in [0.05, 0.1) is 11.0 Å². The van der Waals surface area contributed by atoms with Gasteiger partial charge < -0.3 is 5.11 Å². The summed E-state index contributed by atoms with van der Waals surface area (Å²) in [6.45, 7) is 10.9. The van der Waals surface area contributed by atoms with Crippen molar-refractivity contribution in [2.24, 2.45) is 11.3 Å². The zero-order valence-corrected chi connectivity index (χ0v) is 14.1. The number of hydrogen-bond donors (Lipinski definition) is 1. The fourth-order valence-electron chi connectivity index (χ4n) is 5.80. The van der Waals surface area contributed by atoms with Gasteiger partial charge in [-0.1, -0.05) is 61.9 Å². The molecule has 118 valence electrons. The first kappa shape index (κ1) is 15.6. The predicted octanol–water partition coefficient (Wildman–Crippen LogP) is 5.02. The minimum atomic E-state index is -0.866. The first-order valence-corrected chi connectivity index (χ1v) is 8.62. The molecular weight excluding hydrogens is 268 g/mol. The average Bonchev–Trinajstić information content (AvgIpc) is 2.76. The molecule has 1 saturated carbocycles. The number of fused-ring (bicyclic) bond motifs is 2. The summed E-state index contributed by atoms with van der Waals surface area (Å²) in [5.74, 6) is 0.572. The number of allylic oxidation sites excluding steroid dienone is 1. The molecule has 0 aliphatic heterocycles. The predicted molar refractivity (Wildman–Crippen MR) is 92.8 cm³/mol. The van der Waals surface area contributed by atoms with Crippen molar-refractivity contribution >= 4 is 0 Å². The summed E-state index contributed by atoms with van der Waals surface area (Å²) in [6.07, 6.45) is 8.20. The van der Waals surface area contributed by atoms with E-state index < -0.39 is 5.60 Å². The maximum atomic E-state index is 11.6. The maximum absolute atomic E-state index is 11.6. The van der Waals surface area contributed by atoms with Crippen LogP contribution in [0.3, 0.4) is 0 Å². The van der Waals surface area contributed by atoms with Crippen molar-refractivity contribution in [3.8, 4) is 0 Å². The van der Waals surface area contributed by atoms with Gasteiger partial charge in [0.15, 0.2) is 0 Å². The molecule has 2 aliphatic carbocycles. The van der Waals surface area contributed by atoms with Gasteiger partial charge in [0.1, 0.15) is 0 Å². The van der Waals surface area contributed by atoms with E-state index in [1.807, 2.05) is 6.08 Å². The van der Waals surface area contributed by atoms with E-state index in [9.17, 15) is 5.11 Å². The number of benzene rings is 1. The van der Waals surface area contributed by atoms with Crippen molar-refractivity contribution in [2.45, 2.75) is 57.5 Å². The van der Waals surface area contributed by atoms with Gasteiger partial charge in [-0.3, -0.25) is 0 Å².